The number of rotatable bonds is 12. The van der Waals surface area contributed by atoms with Crippen molar-refractivity contribution in [2.75, 3.05) is 20.2 Å². The Morgan fingerprint density at radius 2 is 1.84 bits per heavy atom. The number of urea groups is 1. The first-order chi connectivity index (χ1) is 21.5. The first kappa shape index (κ1) is 33.9. The van der Waals surface area contributed by atoms with Gasteiger partial charge in [-0.3, -0.25) is 9.59 Å². The minimum atomic E-state index is -0.974. The first-order valence-corrected chi connectivity index (χ1v) is 15.6. The van der Waals surface area contributed by atoms with Crippen molar-refractivity contribution in [3.05, 3.63) is 89.2 Å². The molecule has 240 valence electrons. The molecule has 2 atom stereocenters. The third-order valence-corrected chi connectivity index (χ3v) is 8.60. The van der Waals surface area contributed by atoms with Crippen molar-refractivity contribution in [2.24, 2.45) is 0 Å². The number of amides is 4. The molecule has 4 rings (SSSR count). The largest absolute Gasteiger partial charge is 0.394 e. The molecule has 12 heteroatoms. The van der Waals surface area contributed by atoms with Gasteiger partial charge in [0, 0.05) is 50.1 Å². The smallest absolute Gasteiger partial charge is 0.314 e. The number of hydrogen-bond acceptors (Lipinski definition) is 7. The van der Waals surface area contributed by atoms with Gasteiger partial charge >= 0.3 is 6.03 Å². The normalized spacial score (nSPS) is 15.6. The molecular formula is C33H40FN5O5S. The van der Waals surface area contributed by atoms with Crippen molar-refractivity contribution in [3.8, 4) is 11.1 Å². The summed E-state index contributed by atoms with van der Waals surface area (Å²) in [5.41, 5.74) is 3.83. The third kappa shape index (κ3) is 9.51. The van der Waals surface area contributed by atoms with Gasteiger partial charge in [-0.25, -0.2) is 9.18 Å². The fourth-order valence-corrected chi connectivity index (χ4v) is 6.13. The highest BCUT2D eigenvalue weighted by molar-refractivity contribution is 8.00. The van der Waals surface area contributed by atoms with Crippen LogP contribution in [-0.4, -0.2) is 70.2 Å². The summed E-state index contributed by atoms with van der Waals surface area (Å²) in [4.78, 5) is 40.8. The Morgan fingerprint density at radius 3 is 2.56 bits per heavy atom. The molecule has 1 aliphatic rings. The quantitative estimate of drug-likeness (QED) is 0.179. The molecule has 0 fully saturated rings. The SMILES string of the molecule is CNC(=O)NCc1ccccc1-c1ccc(CN2Cc3ccc(F)cc3S[C@@H](NC(=O)CC(C)(C)NC[C@H](O)CO)C2=O)cc1. The van der Waals surface area contributed by atoms with Crippen LogP contribution in [0.5, 0.6) is 0 Å². The van der Waals surface area contributed by atoms with Crippen LogP contribution in [0.15, 0.2) is 71.6 Å². The van der Waals surface area contributed by atoms with Gasteiger partial charge in [-0.15, -0.1) is 0 Å². The Hall–Kier alpha value is -3.97. The molecular weight excluding hydrogens is 597 g/mol. The van der Waals surface area contributed by atoms with Gasteiger partial charge in [0.15, 0.2) is 5.37 Å². The van der Waals surface area contributed by atoms with Gasteiger partial charge in [-0.05, 0) is 53.8 Å². The van der Waals surface area contributed by atoms with Crippen LogP contribution in [0.4, 0.5) is 9.18 Å². The van der Waals surface area contributed by atoms with Gasteiger partial charge in [0.2, 0.25) is 5.91 Å². The summed E-state index contributed by atoms with van der Waals surface area (Å²) < 4.78 is 14.2. The zero-order valence-electron chi connectivity index (χ0n) is 25.6. The fraction of sp³-hybridized carbons (Fsp3) is 0.364. The van der Waals surface area contributed by atoms with Crippen LogP contribution in [0, 0.1) is 5.82 Å². The van der Waals surface area contributed by atoms with Crippen LogP contribution in [0.25, 0.3) is 11.1 Å². The standard InChI is InChI=1S/C33H40FN5O5S/c1-33(2,37-17-26(41)20-40)15-29(42)38-30-31(43)39(19-24-12-13-25(34)14-28(24)45-30)18-21-8-10-22(11-9-21)27-7-5-4-6-23(27)16-36-32(44)35-3/h4-14,26,30,37,40-41H,15-20H2,1-3H3,(H,38,42)(H2,35,36,44)/t26-,30+/m0/s1. The van der Waals surface area contributed by atoms with Crippen molar-refractivity contribution < 1.29 is 29.0 Å². The third-order valence-electron chi connectivity index (χ3n) is 7.41. The lowest BCUT2D eigenvalue weighted by Crippen LogP contribution is -2.50. The summed E-state index contributed by atoms with van der Waals surface area (Å²) >= 11 is 1.11. The first-order valence-electron chi connectivity index (χ1n) is 14.7. The van der Waals surface area contributed by atoms with E-state index in [2.05, 4.69) is 21.3 Å². The van der Waals surface area contributed by atoms with Crippen LogP contribution in [-0.2, 0) is 29.2 Å². The second-order valence-corrected chi connectivity index (χ2v) is 12.7. The molecule has 0 saturated carbocycles. The number of nitrogens with one attached hydrogen (secondary N) is 4. The van der Waals surface area contributed by atoms with Gasteiger partial charge in [0.05, 0.1) is 12.7 Å². The zero-order valence-corrected chi connectivity index (χ0v) is 26.4. The molecule has 0 spiro atoms. The molecule has 1 aliphatic heterocycles. The average Bonchev–Trinajstić information content (AvgIpc) is 3.14. The second-order valence-electron chi connectivity index (χ2n) is 11.6. The van der Waals surface area contributed by atoms with Gasteiger partial charge in [-0.1, -0.05) is 66.4 Å². The number of halogens is 1. The van der Waals surface area contributed by atoms with Gasteiger partial charge < -0.3 is 36.4 Å². The lowest BCUT2D eigenvalue weighted by atomic mass is 9.98. The predicted molar refractivity (Wildman–Crippen MR) is 171 cm³/mol. The molecule has 6 N–H and O–H groups in total. The summed E-state index contributed by atoms with van der Waals surface area (Å²) in [6.07, 6.45) is -0.950. The highest BCUT2D eigenvalue weighted by Gasteiger charge is 2.33. The molecule has 0 bridgehead atoms. The molecule has 45 heavy (non-hydrogen) atoms. The molecule has 4 amide bonds. The molecule has 1 heterocycles. The number of fused-ring (bicyclic) bond motifs is 1. The summed E-state index contributed by atoms with van der Waals surface area (Å²) in [6.45, 7) is 4.16. The number of carbonyl (C=O) groups excluding carboxylic acids is 3. The molecule has 3 aromatic carbocycles. The number of β-amino-alcohol motifs (C(OH)–C–C–N with tert-alkyl or cyclic N) is 1. The van der Waals surface area contributed by atoms with Gasteiger partial charge in [0.25, 0.3) is 5.91 Å². The van der Waals surface area contributed by atoms with Crippen LogP contribution >= 0.6 is 11.8 Å². The lowest BCUT2D eigenvalue weighted by molar-refractivity contribution is -0.135. The van der Waals surface area contributed by atoms with Crippen molar-refractivity contribution in [1.82, 2.24) is 26.2 Å². The van der Waals surface area contributed by atoms with Crippen molar-refractivity contribution >= 4 is 29.6 Å². The lowest BCUT2D eigenvalue weighted by Gasteiger charge is -2.29. The second kappa shape index (κ2) is 15.3. The van der Waals surface area contributed by atoms with E-state index in [0.717, 1.165) is 39.6 Å². The summed E-state index contributed by atoms with van der Waals surface area (Å²) in [5, 5.41) is 29.0. The predicted octanol–water partition coefficient (Wildman–Crippen LogP) is 3.11. The zero-order chi connectivity index (χ0) is 32.6. The number of carbonyl (C=O) groups is 3. The van der Waals surface area contributed by atoms with E-state index in [-0.39, 0.29) is 43.9 Å². The summed E-state index contributed by atoms with van der Waals surface area (Å²) in [5.74, 6) is -1.12. The molecule has 0 radical (unpaired) electrons. The van der Waals surface area contributed by atoms with Crippen LogP contribution in [0.2, 0.25) is 0 Å². The number of benzene rings is 3. The Morgan fingerprint density at radius 1 is 1.11 bits per heavy atom. The van der Waals surface area contributed by atoms with E-state index in [1.807, 2.05) is 48.5 Å². The number of thioether (sulfide) groups is 1. The van der Waals surface area contributed by atoms with E-state index >= 15 is 0 Å². The van der Waals surface area contributed by atoms with E-state index in [1.54, 1.807) is 31.9 Å². The van der Waals surface area contributed by atoms with E-state index in [4.69, 9.17) is 5.11 Å². The minimum Gasteiger partial charge on any atom is -0.394 e. The highest BCUT2D eigenvalue weighted by Crippen LogP contribution is 2.33. The highest BCUT2D eigenvalue weighted by atomic mass is 32.2. The fourth-order valence-electron chi connectivity index (χ4n) is 4.97. The van der Waals surface area contributed by atoms with Crippen LogP contribution in [0.1, 0.15) is 37.0 Å². The average molecular weight is 638 g/mol. The van der Waals surface area contributed by atoms with Gasteiger partial charge in [-0.2, -0.15) is 0 Å². The van der Waals surface area contributed by atoms with E-state index < -0.39 is 29.4 Å². The van der Waals surface area contributed by atoms with Gasteiger partial charge in [0.1, 0.15) is 5.82 Å². The molecule has 0 saturated heterocycles. The van der Waals surface area contributed by atoms with Crippen molar-refractivity contribution in [2.45, 2.75) is 61.8 Å². The maximum absolute atomic E-state index is 14.2. The number of hydrogen-bond donors (Lipinski definition) is 6. The Balaban J connectivity index is 1.50. The van der Waals surface area contributed by atoms with E-state index in [0.29, 0.717) is 11.4 Å². The maximum Gasteiger partial charge on any atom is 0.314 e. The number of nitrogens with zero attached hydrogens (tertiary/aromatic N) is 1. The molecule has 0 aliphatic carbocycles. The Kier molecular flexibility index (Phi) is 11.6. The Labute approximate surface area is 266 Å². The number of aliphatic hydroxyl groups is 2. The molecule has 0 unspecified atom stereocenters. The Bertz CT molecular complexity index is 1500. The minimum absolute atomic E-state index is 0.00701. The monoisotopic (exact) mass is 637 g/mol. The summed E-state index contributed by atoms with van der Waals surface area (Å²) in [7, 11) is 1.56. The van der Waals surface area contributed by atoms with E-state index in [1.165, 1.54) is 12.1 Å². The molecule has 0 aromatic heterocycles. The van der Waals surface area contributed by atoms with E-state index in [9.17, 15) is 23.9 Å². The van der Waals surface area contributed by atoms with Crippen LogP contribution < -0.4 is 21.3 Å². The summed E-state index contributed by atoms with van der Waals surface area (Å²) in [6, 6.07) is 19.8. The molecule has 3 aromatic rings. The number of aliphatic hydroxyl groups excluding tert-OH is 2. The topological polar surface area (TPSA) is 143 Å². The molecule has 10 nitrogen and oxygen atoms in total. The van der Waals surface area contributed by atoms with Crippen molar-refractivity contribution in [1.29, 1.82) is 0 Å². The van der Waals surface area contributed by atoms with Crippen molar-refractivity contribution in [3.63, 3.8) is 0 Å². The maximum atomic E-state index is 14.2. The van der Waals surface area contributed by atoms with Crippen LogP contribution in [0.3, 0.4) is 0 Å².